The van der Waals surface area contributed by atoms with Gasteiger partial charge in [0, 0.05) is 13.0 Å². The van der Waals surface area contributed by atoms with Crippen LogP contribution in [-0.2, 0) is 6.42 Å². The minimum atomic E-state index is 0.776. The maximum Gasteiger partial charge on any atom is 0.105 e. The lowest BCUT2D eigenvalue weighted by molar-refractivity contribution is 0.486. The van der Waals surface area contributed by atoms with E-state index in [-0.39, 0.29) is 0 Å². The molecule has 84 valence electrons. The average Bonchev–Trinajstić information content (AvgIpc) is 2.67. The van der Waals surface area contributed by atoms with Crippen molar-refractivity contribution in [3.05, 3.63) is 47.9 Å². The predicted molar refractivity (Wildman–Crippen MR) is 66.5 cm³/mol. The quantitative estimate of drug-likeness (QED) is 0.773. The highest BCUT2D eigenvalue weighted by atomic mass is 16.3. The third-order valence-electron chi connectivity index (χ3n) is 2.44. The number of para-hydroxylation sites is 2. The molecule has 1 aromatic heterocycles. The number of nitrogens with two attached hydrogens (primary N) is 1. The number of hydrogen-bond acceptors (Lipinski definition) is 3. The Morgan fingerprint density at radius 2 is 2.00 bits per heavy atom. The van der Waals surface area contributed by atoms with E-state index in [1.807, 2.05) is 43.3 Å². The van der Waals surface area contributed by atoms with Crippen molar-refractivity contribution in [3.8, 4) is 0 Å². The van der Waals surface area contributed by atoms with Gasteiger partial charge in [0.05, 0.1) is 11.4 Å². The summed E-state index contributed by atoms with van der Waals surface area (Å²) in [7, 11) is 0. The lowest BCUT2D eigenvalue weighted by Crippen LogP contribution is -2.06. The number of furan rings is 1. The fourth-order valence-corrected chi connectivity index (χ4v) is 1.60. The fourth-order valence-electron chi connectivity index (χ4n) is 1.60. The van der Waals surface area contributed by atoms with Crippen LogP contribution in [0.25, 0.3) is 0 Å². The average molecular weight is 216 g/mol. The van der Waals surface area contributed by atoms with E-state index in [0.717, 1.165) is 35.9 Å². The van der Waals surface area contributed by atoms with E-state index in [4.69, 9.17) is 10.2 Å². The first-order valence-corrected chi connectivity index (χ1v) is 5.39. The Kier molecular flexibility index (Phi) is 3.15. The number of hydrogen-bond donors (Lipinski definition) is 2. The lowest BCUT2D eigenvalue weighted by Gasteiger charge is -2.07. The van der Waals surface area contributed by atoms with Crippen molar-refractivity contribution in [1.82, 2.24) is 0 Å². The van der Waals surface area contributed by atoms with Crippen molar-refractivity contribution in [2.24, 2.45) is 0 Å². The third kappa shape index (κ3) is 2.57. The second-order valence-corrected chi connectivity index (χ2v) is 3.78. The molecule has 0 bridgehead atoms. The van der Waals surface area contributed by atoms with Gasteiger partial charge in [-0.2, -0.15) is 0 Å². The predicted octanol–water partition coefficient (Wildman–Crippen LogP) is 2.82. The molecular weight excluding hydrogens is 200 g/mol. The summed E-state index contributed by atoms with van der Waals surface area (Å²) >= 11 is 0. The van der Waals surface area contributed by atoms with Crippen LogP contribution in [-0.4, -0.2) is 6.54 Å². The molecule has 0 atom stereocenters. The molecule has 0 fully saturated rings. The smallest absolute Gasteiger partial charge is 0.105 e. The molecule has 16 heavy (non-hydrogen) atoms. The van der Waals surface area contributed by atoms with Gasteiger partial charge < -0.3 is 15.5 Å². The van der Waals surface area contributed by atoms with Gasteiger partial charge in [0.15, 0.2) is 0 Å². The molecule has 2 rings (SSSR count). The van der Waals surface area contributed by atoms with Crippen LogP contribution in [0.15, 0.2) is 40.8 Å². The second kappa shape index (κ2) is 4.75. The normalized spacial score (nSPS) is 10.3. The second-order valence-electron chi connectivity index (χ2n) is 3.78. The molecule has 1 heterocycles. The summed E-state index contributed by atoms with van der Waals surface area (Å²) in [6, 6.07) is 11.7. The highest BCUT2D eigenvalue weighted by molar-refractivity contribution is 5.65. The molecule has 0 aliphatic rings. The van der Waals surface area contributed by atoms with Gasteiger partial charge in [-0.3, -0.25) is 0 Å². The Bertz CT molecular complexity index is 462. The monoisotopic (exact) mass is 216 g/mol. The van der Waals surface area contributed by atoms with Crippen LogP contribution in [0.2, 0.25) is 0 Å². The molecule has 0 aliphatic heterocycles. The maximum absolute atomic E-state index is 5.82. The van der Waals surface area contributed by atoms with Crippen LogP contribution in [0.3, 0.4) is 0 Å². The SMILES string of the molecule is Cc1ccc(CCNc2ccccc2N)o1. The van der Waals surface area contributed by atoms with Gasteiger partial charge in [0.2, 0.25) is 0 Å². The van der Waals surface area contributed by atoms with E-state index < -0.39 is 0 Å². The van der Waals surface area contributed by atoms with Crippen LogP contribution in [0, 0.1) is 6.92 Å². The molecule has 0 aliphatic carbocycles. The highest BCUT2D eigenvalue weighted by Gasteiger charge is 1.99. The first-order chi connectivity index (χ1) is 7.75. The molecule has 3 nitrogen and oxygen atoms in total. The van der Waals surface area contributed by atoms with E-state index >= 15 is 0 Å². The van der Waals surface area contributed by atoms with Crippen LogP contribution in [0.5, 0.6) is 0 Å². The molecule has 0 amide bonds. The summed E-state index contributed by atoms with van der Waals surface area (Å²) in [5.74, 6) is 1.95. The number of benzene rings is 1. The van der Waals surface area contributed by atoms with E-state index in [1.54, 1.807) is 0 Å². The number of nitrogens with one attached hydrogen (secondary N) is 1. The summed E-state index contributed by atoms with van der Waals surface area (Å²) in [6.45, 7) is 2.77. The number of anilines is 2. The molecule has 0 radical (unpaired) electrons. The van der Waals surface area contributed by atoms with E-state index in [0.29, 0.717) is 0 Å². The molecule has 0 unspecified atom stereocenters. The molecule has 3 heteroatoms. The minimum Gasteiger partial charge on any atom is -0.466 e. The Hall–Kier alpha value is -1.90. The van der Waals surface area contributed by atoms with Gasteiger partial charge in [-0.25, -0.2) is 0 Å². The van der Waals surface area contributed by atoms with Gasteiger partial charge in [-0.15, -0.1) is 0 Å². The van der Waals surface area contributed by atoms with Gasteiger partial charge in [-0.05, 0) is 31.2 Å². The van der Waals surface area contributed by atoms with Crippen molar-refractivity contribution in [2.75, 3.05) is 17.6 Å². The van der Waals surface area contributed by atoms with Crippen LogP contribution in [0.1, 0.15) is 11.5 Å². The highest BCUT2D eigenvalue weighted by Crippen LogP contribution is 2.16. The van der Waals surface area contributed by atoms with Crippen molar-refractivity contribution in [2.45, 2.75) is 13.3 Å². The Morgan fingerprint density at radius 1 is 1.19 bits per heavy atom. The van der Waals surface area contributed by atoms with Gasteiger partial charge in [0.25, 0.3) is 0 Å². The Labute approximate surface area is 95.3 Å². The fraction of sp³-hybridized carbons (Fsp3) is 0.231. The molecule has 2 aromatic rings. The third-order valence-corrected chi connectivity index (χ3v) is 2.44. The molecule has 0 saturated carbocycles. The summed E-state index contributed by atoms with van der Waals surface area (Å²) in [5, 5.41) is 3.29. The Morgan fingerprint density at radius 3 is 2.69 bits per heavy atom. The molecule has 3 N–H and O–H groups in total. The van der Waals surface area contributed by atoms with Crippen LogP contribution >= 0.6 is 0 Å². The van der Waals surface area contributed by atoms with E-state index in [2.05, 4.69) is 5.32 Å². The van der Waals surface area contributed by atoms with Gasteiger partial charge in [0.1, 0.15) is 11.5 Å². The molecule has 0 spiro atoms. The van der Waals surface area contributed by atoms with Crippen molar-refractivity contribution in [1.29, 1.82) is 0 Å². The standard InChI is InChI=1S/C13H16N2O/c1-10-6-7-11(16-10)8-9-15-13-5-3-2-4-12(13)14/h2-7,15H,8-9,14H2,1H3. The first-order valence-electron chi connectivity index (χ1n) is 5.39. The largest absolute Gasteiger partial charge is 0.466 e. The first kappa shape index (κ1) is 10.6. The lowest BCUT2D eigenvalue weighted by atomic mass is 10.2. The van der Waals surface area contributed by atoms with Gasteiger partial charge >= 0.3 is 0 Å². The van der Waals surface area contributed by atoms with Crippen molar-refractivity contribution < 1.29 is 4.42 Å². The summed E-state index contributed by atoms with van der Waals surface area (Å²) in [6.07, 6.45) is 0.863. The van der Waals surface area contributed by atoms with Crippen LogP contribution < -0.4 is 11.1 Å². The number of rotatable bonds is 4. The van der Waals surface area contributed by atoms with Crippen LogP contribution in [0.4, 0.5) is 11.4 Å². The minimum absolute atomic E-state index is 0.776. The summed E-state index contributed by atoms with van der Waals surface area (Å²) in [5.41, 5.74) is 7.57. The summed E-state index contributed by atoms with van der Waals surface area (Å²) in [4.78, 5) is 0. The van der Waals surface area contributed by atoms with Crippen molar-refractivity contribution in [3.63, 3.8) is 0 Å². The van der Waals surface area contributed by atoms with E-state index in [1.165, 1.54) is 0 Å². The number of nitrogen functional groups attached to an aromatic ring is 1. The maximum atomic E-state index is 5.82. The Balaban J connectivity index is 1.87. The molecular formula is C13H16N2O. The van der Waals surface area contributed by atoms with Crippen molar-refractivity contribution >= 4 is 11.4 Å². The topological polar surface area (TPSA) is 51.2 Å². The molecule has 0 saturated heterocycles. The number of aryl methyl sites for hydroxylation is 1. The summed E-state index contributed by atoms with van der Waals surface area (Å²) < 4.78 is 5.48. The zero-order valence-electron chi connectivity index (χ0n) is 9.36. The molecule has 1 aromatic carbocycles. The van der Waals surface area contributed by atoms with E-state index in [9.17, 15) is 0 Å². The zero-order chi connectivity index (χ0) is 11.4. The zero-order valence-corrected chi connectivity index (χ0v) is 9.36. The van der Waals surface area contributed by atoms with Gasteiger partial charge in [-0.1, -0.05) is 12.1 Å².